The lowest BCUT2D eigenvalue weighted by Gasteiger charge is -2.16. The Hall–Kier alpha value is -0.940. The van der Waals surface area contributed by atoms with Gasteiger partial charge in [-0.05, 0) is 12.5 Å². The predicted octanol–water partition coefficient (Wildman–Crippen LogP) is 1.16. The van der Waals surface area contributed by atoms with E-state index in [4.69, 9.17) is 15.3 Å². The minimum atomic E-state index is 0.0248. The Morgan fingerprint density at radius 1 is 1.38 bits per heavy atom. The van der Waals surface area contributed by atoms with Crippen LogP contribution in [0.15, 0.2) is 24.3 Å². The summed E-state index contributed by atoms with van der Waals surface area (Å²) in [6.07, 6.45) is 0. The molecule has 1 rings (SSSR count). The van der Waals surface area contributed by atoms with Gasteiger partial charge in [-0.25, -0.2) is 0 Å². The lowest BCUT2D eigenvalue weighted by atomic mass is 10.1. The highest BCUT2D eigenvalue weighted by atomic mass is 16.5. The maximum atomic E-state index is 5.51. The minimum Gasteiger partial charge on any atom is -0.382 e. The number of nitrogens with two attached hydrogens (primary N) is 1. The van der Waals surface area contributed by atoms with E-state index in [0.29, 0.717) is 19.8 Å². The van der Waals surface area contributed by atoms with Crippen LogP contribution in [0.2, 0.25) is 0 Å². The zero-order chi connectivity index (χ0) is 11.8. The van der Waals surface area contributed by atoms with Crippen LogP contribution in [0.3, 0.4) is 0 Å². The molecule has 4 nitrogen and oxygen atoms in total. The molecule has 3 N–H and O–H groups in total. The largest absolute Gasteiger partial charge is 0.382 e. The summed E-state index contributed by atoms with van der Waals surface area (Å²) in [4.78, 5) is 0. The number of rotatable bonds is 7. The Kier molecular flexibility index (Phi) is 6.03. The summed E-state index contributed by atoms with van der Waals surface area (Å²) < 4.78 is 10.4. The summed E-state index contributed by atoms with van der Waals surface area (Å²) in [7, 11) is 1.66. The van der Waals surface area contributed by atoms with Crippen LogP contribution in [0.1, 0.15) is 17.2 Å². The summed E-state index contributed by atoms with van der Waals surface area (Å²) in [5.41, 5.74) is 5.11. The second-order valence-electron chi connectivity index (χ2n) is 3.70. The molecule has 0 aliphatic rings. The van der Waals surface area contributed by atoms with Crippen LogP contribution >= 0.6 is 0 Å². The number of hydrazine groups is 1. The quantitative estimate of drug-likeness (QED) is 0.414. The second-order valence-corrected chi connectivity index (χ2v) is 3.70. The van der Waals surface area contributed by atoms with Crippen molar-refractivity contribution in [3.8, 4) is 0 Å². The maximum absolute atomic E-state index is 5.51. The molecule has 0 saturated carbocycles. The fourth-order valence-corrected chi connectivity index (χ4v) is 1.47. The third kappa shape index (κ3) is 4.28. The molecular weight excluding hydrogens is 204 g/mol. The van der Waals surface area contributed by atoms with Crippen molar-refractivity contribution in [2.45, 2.75) is 13.0 Å². The lowest BCUT2D eigenvalue weighted by Crippen LogP contribution is -2.31. The first-order chi connectivity index (χ1) is 7.77. The van der Waals surface area contributed by atoms with E-state index >= 15 is 0 Å². The number of aryl methyl sites for hydroxylation is 1. The SMILES string of the molecule is COCCOCC(NN)c1cccc(C)c1. The van der Waals surface area contributed by atoms with Gasteiger partial charge in [0.1, 0.15) is 0 Å². The summed E-state index contributed by atoms with van der Waals surface area (Å²) in [6, 6.07) is 8.24. The van der Waals surface area contributed by atoms with Crippen LogP contribution in [0.4, 0.5) is 0 Å². The van der Waals surface area contributed by atoms with Gasteiger partial charge in [-0.1, -0.05) is 29.8 Å². The van der Waals surface area contributed by atoms with E-state index in [1.807, 2.05) is 12.1 Å². The van der Waals surface area contributed by atoms with Crippen LogP contribution in [0.25, 0.3) is 0 Å². The molecule has 0 saturated heterocycles. The third-order valence-corrected chi connectivity index (χ3v) is 2.36. The molecule has 1 unspecified atom stereocenters. The Balaban J connectivity index is 2.47. The van der Waals surface area contributed by atoms with Crippen LogP contribution in [0.5, 0.6) is 0 Å². The molecule has 0 aliphatic heterocycles. The van der Waals surface area contributed by atoms with Crippen molar-refractivity contribution in [3.05, 3.63) is 35.4 Å². The number of benzene rings is 1. The van der Waals surface area contributed by atoms with E-state index in [0.717, 1.165) is 5.56 Å². The summed E-state index contributed by atoms with van der Waals surface area (Å²) in [6.45, 7) is 3.79. The molecule has 0 fully saturated rings. The van der Waals surface area contributed by atoms with Gasteiger partial charge in [0.25, 0.3) is 0 Å². The maximum Gasteiger partial charge on any atom is 0.0701 e. The smallest absolute Gasteiger partial charge is 0.0701 e. The Morgan fingerprint density at radius 3 is 2.81 bits per heavy atom. The highest BCUT2D eigenvalue weighted by Gasteiger charge is 2.09. The molecule has 16 heavy (non-hydrogen) atoms. The first-order valence-corrected chi connectivity index (χ1v) is 5.37. The van der Waals surface area contributed by atoms with E-state index in [9.17, 15) is 0 Å². The molecule has 1 aromatic carbocycles. The minimum absolute atomic E-state index is 0.0248. The molecule has 0 spiro atoms. The van der Waals surface area contributed by atoms with Gasteiger partial charge in [-0.2, -0.15) is 0 Å². The second kappa shape index (κ2) is 7.35. The van der Waals surface area contributed by atoms with Crippen molar-refractivity contribution in [3.63, 3.8) is 0 Å². The average Bonchev–Trinajstić information content (AvgIpc) is 2.29. The van der Waals surface area contributed by atoms with Gasteiger partial charge in [0.05, 0.1) is 25.9 Å². The van der Waals surface area contributed by atoms with Gasteiger partial charge in [-0.3, -0.25) is 11.3 Å². The van der Waals surface area contributed by atoms with Crippen LogP contribution in [0, 0.1) is 6.92 Å². The summed E-state index contributed by atoms with van der Waals surface area (Å²) in [5, 5.41) is 0. The van der Waals surface area contributed by atoms with Gasteiger partial charge in [-0.15, -0.1) is 0 Å². The van der Waals surface area contributed by atoms with Crippen molar-refractivity contribution >= 4 is 0 Å². The highest BCUT2D eigenvalue weighted by Crippen LogP contribution is 2.13. The van der Waals surface area contributed by atoms with Crippen molar-refractivity contribution in [1.29, 1.82) is 0 Å². The molecule has 0 aliphatic carbocycles. The Labute approximate surface area is 96.7 Å². The molecule has 0 bridgehead atoms. The van der Waals surface area contributed by atoms with Gasteiger partial charge in [0.15, 0.2) is 0 Å². The van der Waals surface area contributed by atoms with Gasteiger partial charge in [0, 0.05) is 7.11 Å². The van der Waals surface area contributed by atoms with Gasteiger partial charge in [0.2, 0.25) is 0 Å². The summed E-state index contributed by atoms with van der Waals surface area (Å²) >= 11 is 0. The molecular formula is C12H20N2O2. The van der Waals surface area contributed by atoms with Crippen molar-refractivity contribution in [1.82, 2.24) is 5.43 Å². The van der Waals surface area contributed by atoms with E-state index < -0.39 is 0 Å². The standard InChI is InChI=1S/C12H20N2O2/c1-10-4-3-5-11(8-10)12(14-13)9-16-7-6-15-2/h3-5,8,12,14H,6-7,9,13H2,1-2H3. The predicted molar refractivity (Wildman–Crippen MR) is 63.9 cm³/mol. The zero-order valence-electron chi connectivity index (χ0n) is 9.90. The molecule has 0 aromatic heterocycles. The first kappa shape index (κ1) is 13.1. The van der Waals surface area contributed by atoms with Crippen LogP contribution in [-0.2, 0) is 9.47 Å². The first-order valence-electron chi connectivity index (χ1n) is 5.37. The van der Waals surface area contributed by atoms with Crippen molar-refractivity contribution in [2.75, 3.05) is 26.9 Å². The number of ether oxygens (including phenoxy) is 2. The van der Waals surface area contributed by atoms with E-state index in [1.54, 1.807) is 7.11 Å². The van der Waals surface area contributed by atoms with Crippen molar-refractivity contribution in [2.24, 2.45) is 5.84 Å². The van der Waals surface area contributed by atoms with Gasteiger partial charge >= 0.3 is 0 Å². The number of nitrogens with one attached hydrogen (secondary N) is 1. The van der Waals surface area contributed by atoms with Crippen LogP contribution < -0.4 is 11.3 Å². The number of hydrogen-bond acceptors (Lipinski definition) is 4. The monoisotopic (exact) mass is 224 g/mol. The molecule has 4 heteroatoms. The Morgan fingerprint density at radius 2 is 2.19 bits per heavy atom. The molecule has 1 atom stereocenters. The summed E-state index contributed by atoms with van der Waals surface area (Å²) in [5.74, 6) is 5.51. The van der Waals surface area contributed by atoms with E-state index in [1.165, 1.54) is 5.56 Å². The molecule has 0 heterocycles. The molecule has 90 valence electrons. The topological polar surface area (TPSA) is 56.5 Å². The van der Waals surface area contributed by atoms with Crippen LogP contribution in [-0.4, -0.2) is 26.9 Å². The fourth-order valence-electron chi connectivity index (χ4n) is 1.47. The number of hydrogen-bond donors (Lipinski definition) is 2. The van der Waals surface area contributed by atoms with E-state index in [-0.39, 0.29) is 6.04 Å². The highest BCUT2D eigenvalue weighted by molar-refractivity contribution is 5.24. The lowest BCUT2D eigenvalue weighted by molar-refractivity contribution is 0.0586. The number of methoxy groups -OCH3 is 1. The third-order valence-electron chi connectivity index (χ3n) is 2.36. The van der Waals surface area contributed by atoms with E-state index in [2.05, 4.69) is 24.5 Å². The Bertz CT molecular complexity index is 305. The molecule has 0 amide bonds. The molecule has 1 aromatic rings. The fraction of sp³-hybridized carbons (Fsp3) is 0.500. The van der Waals surface area contributed by atoms with Gasteiger partial charge < -0.3 is 9.47 Å². The normalized spacial score (nSPS) is 12.7. The zero-order valence-corrected chi connectivity index (χ0v) is 9.90. The average molecular weight is 224 g/mol. The van der Waals surface area contributed by atoms with Crippen molar-refractivity contribution < 1.29 is 9.47 Å². The molecule has 0 radical (unpaired) electrons.